The van der Waals surface area contributed by atoms with Crippen molar-refractivity contribution in [3.63, 3.8) is 0 Å². The van der Waals surface area contributed by atoms with E-state index in [-0.39, 0.29) is 11.9 Å². The third kappa shape index (κ3) is 3.93. The van der Waals surface area contributed by atoms with Gasteiger partial charge >= 0.3 is 5.97 Å². The Morgan fingerprint density at radius 2 is 1.97 bits per heavy atom. The van der Waals surface area contributed by atoms with Crippen LogP contribution >= 0.6 is 23.8 Å². The third-order valence-electron chi connectivity index (χ3n) is 5.43. The monoisotopic (exact) mass is 442 g/mol. The lowest BCUT2D eigenvalue weighted by Gasteiger charge is -2.33. The van der Waals surface area contributed by atoms with Crippen LogP contribution in [0, 0.1) is 4.77 Å². The van der Waals surface area contributed by atoms with Crippen molar-refractivity contribution in [2.45, 2.75) is 32.6 Å². The Bertz CT molecular complexity index is 1120. The van der Waals surface area contributed by atoms with Crippen molar-refractivity contribution < 1.29 is 9.53 Å². The molecule has 0 spiro atoms. The van der Waals surface area contributed by atoms with Crippen LogP contribution in [0.15, 0.2) is 48.5 Å². The number of fused-ring (bicyclic) bond motifs is 1. The number of carbonyl (C=O) groups is 1. The van der Waals surface area contributed by atoms with Gasteiger partial charge in [-0.25, -0.2) is 4.68 Å². The van der Waals surface area contributed by atoms with E-state index in [1.165, 1.54) is 7.11 Å². The number of carbonyl (C=O) groups excluding carboxylic acids is 1. The van der Waals surface area contributed by atoms with Crippen LogP contribution in [0.5, 0.6) is 0 Å². The maximum atomic E-state index is 12.4. The van der Waals surface area contributed by atoms with Gasteiger partial charge in [-0.05, 0) is 54.5 Å². The first kappa shape index (κ1) is 20.8. The van der Waals surface area contributed by atoms with E-state index in [1.807, 2.05) is 58.6 Å². The number of methoxy groups -OCH3 is 1. The molecule has 0 aliphatic carbocycles. The number of ether oxygens (including phenoxy) is 1. The number of rotatable bonds is 5. The van der Waals surface area contributed by atoms with Gasteiger partial charge in [-0.3, -0.25) is 9.69 Å². The summed E-state index contributed by atoms with van der Waals surface area (Å²) in [5, 5.41) is 5.48. The minimum atomic E-state index is -0.321. The summed E-state index contributed by atoms with van der Waals surface area (Å²) in [5.41, 5.74) is 3.12. The van der Waals surface area contributed by atoms with Crippen molar-refractivity contribution in [2.24, 2.45) is 0 Å². The number of nitrogens with zero attached hydrogens (tertiary/aromatic N) is 4. The quantitative estimate of drug-likeness (QED) is 0.430. The molecule has 6 nitrogen and oxygen atoms in total. The Labute approximate surface area is 185 Å². The van der Waals surface area contributed by atoms with E-state index in [2.05, 4.69) is 11.0 Å². The summed E-state index contributed by atoms with van der Waals surface area (Å²) >= 11 is 11.7. The first-order chi connectivity index (χ1) is 14.5. The molecule has 1 unspecified atom stereocenters. The molecule has 4 rings (SSSR count). The number of benzene rings is 2. The summed E-state index contributed by atoms with van der Waals surface area (Å²) in [7, 11) is 1.43. The Morgan fingerprint density at radius 3 is 2.67 bits per heavy atom. The highest BCUT2D eigenvalue weighted by Crippen LogP contribution is 2.30. The van der Waals surface area contributed by atoms with E-state index in [4.69, 9.17) is 33.7 Å². The molecule has 1 aliphatic heterocycles. The fourth-order valence-electron chi connectivity index (χ4n) is 3.95. The first-order valence-electron chi connectivity index (χ1n) is 9.83. The molecule has 0 saturated carbocycles. The first-order valence-corrected chi connectivity index (χ1v) is 10.6. The van der Waals surface area contributed by atoms with Crippen molar-refractivity contribution >= 4 is 29.8 Å². The lowest BCUT2D eigenvalue weighted by atomic mass is 9.90. The van der Waals surface area contributed by atoms with Crippen molar-refractivity contribution in [3.8, 4) is 11.4 Å². The van der Waals surface area contributed by atoms with Crippen LogP contribution in [0.4, 0.5) is 0 Å². The topological polar surface area (TPSA) is 52.3 Å². The van der Waals surface area contributed by atoms with Crippen LogP contribution in [-0.4, -0.2) is 38.9 Å². The fourth-order valence-corrected chi connectivity index (χ4v) is 4.39. The molecule has 30 heavy (non-hydrogen) atoms. The maximum absolute atomic E-state index is 12.4. The minimum absolute atomic E-state index is 0.225. The molecule has 0 N–H and O–H groups in total. The Morgan fingerprint density at radius 1 is 1.23 bits per heavy atom. The van der Waals surface area contributed by atoms with Crippen molar-refractivity contribution in [1.82, 2.24) is 19.2 Å². The van der Waals surface area contributed by atoms with E-state index in [1.54, 1.807) is 0 Å². The summed E-state index contributed by atoms with van der Waals surface area (Å²) < 4.78 is 9.54. The zero-order valence-corrected chi connectivity index (χ0v) is 18.5. The molecule has 8 heteroatoms. The normalized spacial score (nSPS) is 16.3. The van der Waals surface area contributed by atoms with Crippen LogP contribution in [0.3, 0.4) is 0 Å². The summed E-state index contributed by atoms with van der Waals surface area (Å²) in [5.74, 6) is 0.260. The highest BCUT2D eigenvalue weighted by Gasteiger charge is 2.31. The molecule has 0 fully saturated rings. The number of hydrogen-bond donors (Lipinski definition) is 0. The molecule has 1 aliphatic rings. The van der Waals surface area contributed by atoms with Gasteiger partial charge in [0.2, 0.25) is 0 Å². The van der Waals surface area contributed by atoms with Crippen molar-refractivity contribution in [3.05, 3.63) is 69.5 Å². The summed E-state index contributed by atoms with van der Waals surface area (Å²) in [6.45, 7) is 4.53. The van der Waals surface area contributed by atoms with Crippen LogP contribution in [0.1, 0.15) is 24.0 Å². The molecule has 156 valence electrons. The average Bonchev–Trinajstić information content (AvgIpc) is 3.08. The Balaban J connectivity index is 1.65. The van der Waals surface area contributed by atoms with Crippen LogP contribution in [0.25, 0.3) is 11.4 Å². The molecule has 0 saturated heterocycles. The van der Waals surface area contributed by atoms with Gasteiger partial charge in [0.05, 0.1) is 19.7 Å². The SMILES string of the molecule is CCn1c(-c2ccc(Cl)cc2)nn(CN2Cc3ccccc3C(C(=O)OC)C2)c1=S. The van der Waals surface area contributed by atoms with E-state index in [0.29, 0.717) is 29.6 Å². The fraction of sp³-hybridized carbons (Fsp3) is 0.318. The van der Waals surface area contributed by atoms with Gasteiger partial charge in [0.15, 0.2) is 10.6 Å². The zero-order chi connectivity index (χ0) is 21.3. The second-order valence-electron chi connectivity index (χ2n) is 7.28. The third-order valence-corrected chi connectivity index (χ3v) is 6.11. The molecule has 2 aromatic carbocycles. The second-order valence-corrected chi connectivity index (χ2v) is 8.09. The Hall–Kier alpha value is -2.48. The van der Waals surface area contributed by atoms with Crippen molar-refractivity contribution in [1.29, 1.82) is 0 Å². The number of esters is 1. The largest absolute Gasteiger partial charge is 0.469 e. The lowest BCUT2D eigenvalue weighted by molar-refractivity contribution is -0.143. The van der Waals surface area contributed by atoms with Crippen LogP contribution in [-0.2, 0) is 29.3 Å². The molecule has 0 amide bonds. The van der Waals surface area contributed by atoms with Gasteiger partial charge < -0.3 is 9.30 Å². The summed E-state index contributed by atoms with van der Waals surface area (Å²) in [6, 6.07) is 15.6. The van der Waals surface area contributed by atoms with Gasteiger partial charge in [-0.1, -0.05) is 35.9 Å². The van der Waals surface area contributed by atoms with E-state index < -0.39 is 0 Å². The molecular weight excluding hydrogens is 420 g/mol. The molecule has 1 atom stereocenters. The molecular formula is C22H23ClN4O2S. The van der Waals surface area contributed by atoms with E-state index in [0.717, 1.165) is 29.1 Å². The van der Waals surface area contributed by atoms with E-state index >= 15 is 0 Å². The molecule has 3 aromatic rings. The molecule has 2 heterocycles. The van der Waals surface area contributed by atoms with Gasteiger partial charge in [-0.15, -0.1) is 0 Å². The molecule has 0 radical (unpaired) electrons. The van der Waals surface area contributed by atoms with Gasteiger partial charge in [0, 0.05) is 30.2 Å². The second kappa shape index (κ2) is 8.71. The average molecular weight is 443 g/mol. The van der Waals surface area contributed by atoms with Crippen LogP contribution < -0.4 is 0 Å². The smallest absolute Gasteiger partial charge is 0.314 e. The zero-order valence-electron chi connectivity index (χ0n) is 16.9. The standard InChI is InChI=1S/C22H23ClN4O2S/c1-3-26-20(15-8-10-17(23)11-9-15)24-27(22(26)30)14-25-12-16-6-4-5-7-18(16)19(13-25)21(28)29-2/h4-11,19H,3,12-14H2,1-2H3. The molecule has 0 bridgehead atoms. The highest BCUT2D eigenvalue weighted by atomic mass is 35.5. The number of hydrogen-bond acceptors (Lipinski definition) is 5. The van der Waals surface area contributed by atoms with Crippen LogP contribution in [0.2, 0.25) is 5.02 Å². The summed E-state index contributed by atoms with van der Waals surface area (Å²) in [4.78, 5) is 14.6. The lowest BCUT2D eigenvalue weighted by Crippen LogP contribution is -2.38. The highest BCUT2D eigenvalue weighted by molar-refractivity contribution is 7.71. The predicted molar refractivity (Wildman–Crippen MR) is 119 cm³/mol. The minimum Gasteiger partial charge on any atom is -0.469 e. The maximum Gasteiger partial charge on any atom is 0.314 e. The summed E-state index contributed by atoms with van der Waals surface area (Å²) in [6.07, 6.45) is 0. The number of aromatic nitrogens is 3. The van der Waals surface area contributed by atoms with Gasteiger partial charge in [-0.2, -0.15) is 5.10 Å². The van der Waals surface area contributed by atoms with Gasteiger partial charge in [0.1, 0.15) is 0 Å². The molecule has 1 aromatic heterocycles. The van der Waals surface area contributed by atoms with Crippen molar-refractivity contribution in [2.75, 3.05) is 13.7 Å². The van der Waals surface area contributed by atoms with Gasteiger partial charge in [0.25, 0.3) is 0 Å². The van der Waals surface area contributed by atoms with E-state index in [9.17, 15) is 4.79 Å². The predicted octanol–water partition coefficient (Wildman–Crippen LogP) is 4.48. The Kier molecular flexibility index (Phi) is 6.04. The number of halogens is 1.